The fraction of sp³-hybridized carbons (Fsp3) is 0.462. The van der Waals surface area contributed by atoms with E-state index in [-0.39, 0.29) is 11.5 Å². The summed E-state index contributed by atoms with van der Waals surface area (Å²) in [4.78, 5) is 29.6. The SMILES string of the molecule is CCCc1cc(=O)[nH]c(SCC=C(C)C(=O)OC)n1. The topological polar surface area (TPSA) is 72.0 Å². The van der Waals surface area contributed by atoms with Crippen LogP contribution in [0.25, 0.3) is 0 Å². The summed E-state index contributed by atoms with van der Waals surface area (Å²) in [7, 11) is 1.35. The largest absolute Gasteiger partial charge is 0.466 e. The first-order chi connectivity index (χ1) is 9.06. The second-order valence-corrected chi connectivity index (χ2v) is 4.99. The van der Waals surface area contributed by atoms with Crippen molar-refractivity contribution in [1.29, 1.82) is 0 Å². The van der Waals surface area contributed by atoms with Crippen molar-refractivity contribution in [2.75, 3.05) is 12.9 Å². The molecule has 1 aromatic heterocycles. The monoisotopic (exact) mass is 282 g/mol. The number of methoxy groups -OCH3 is 1. The van der Waals surface area contributed by atoms with Crippen LogP contribution in [0.3, 0.4) is 0 Å². The molecule has 0 fully saturated rings. The first-order valence-electron chi connectivity index (χ1n) is 6.05. The van der Waals surface area contributed by atoms with Gasteiger partial charge in [-0.2, -0.15) is 0 Å². The molecule has 5 nitrogen and oxygen atoms in total. The van der Waals surface area contributed by atoms with E-state index in [1.54, 1.807) is 13.0 Å². The lowest BCUT2D eigenvalue weighted by Gasteiger charge is -2.02. The zero-order valence-corrected chi connectivity index (χ0v) is 12.2. The number of H-pyrrole nitrogens is 1. The molecule has 0 saturated carbocycles. The van der Waals surface area contributed by atoms with Crippen molar-refractivity contribution in [2.24, 2.45) is 0 Å². The number of thioether (sulfide) groups is 1. The van der Waals surface area contributed by atoms with Crippen LogP contribution < -0.4 is 5.56 Å². The number of hydrogen-bond donors (Lipinski definition) is 1. The molecule has 0 aromatic carbocycles. The van der Waals surface area contributed by atoms with Gasteiger partial charge in [-0.3, -0.25) is 4.79 Å². The number of esters is 1. The second-order valence-electron chi connectivity index (χ2n) is 3.98. The van der Waals surface area contributed by atoms with E-state index >= 15 is 0 Å². The molecule has 0 bridgehead atoms. The van der Waals surface area contributed by atoms with Crippen molar-refractivity contribution in [3.05, 3.63) is 33.8 Å². The lowest BCUT2D eigenvalue weighted by Crippen LogP contribution is -2.10. The highest BCUT2D eigenvalue weighted by Crippen LogP contribution is 2.13. The number of aryl methyl sites for hydroxylation is 1. The van der Waals surface area contributed by atoms with Gasteiger partial charge in [0.25, 0.3) is 5.56 Å². The van der Waals surface area contributed by atoms with Crippen LogP contribution in [0, 0.1) is 0 Å². The maximum absolute atomic E-state index is 11.4. The number of carbonyl (C=O) groups excluding carboxylic acids is 1. The van der Waals surface area contributed by atoms with Crippen molar-refractivity contribution < 1.29 is 9.53 Å². The molecule has 0 aliphatic rings. The van der Waals surface area contributed by atoms with E-state index < -0.39 is 0 Å². The van der Waals surface area contributed by atoms with E-state index in [0.29, 0.717) is 16.5 Å². The molecule has 1 heterocycles. The standard InChI is InChI=1S/C13H18N2O3S/c1-4-5-10-8-11(16)15-13(14-10)19-7-6-9(2)12(17)18-3/h6,8H,4-5,7H2,1-3H3,(H,14,15,16). The molecule has 0 aliphatic carbocycles. The van der Waals surface area contributed by atoms with Crippen LogP contribution in [0.2, 0.25) is 0 Å². The highest BCUT2D eigenvalue weighted by atomic mass is 32.2. The van der Waals surface area contributed by atoms with E-state index in [4.69, 9.17) is 0 Å². The molecule has 6 heteroatoms. The summed E-state index contributed by atoms with van der Waals surface area (Å²) < 4.78 is 4.60. The van der Waals surface area contributed by atoms with Gasteiger partial charge in [0.05, 0.1) is 7.11 Å². The van der Waals surface area contributed by atoms with E-state index in [0.717, 1.165) is 18.5 Å². The predicted octanol–water partition coefficient (Wildman–Crippen LogP) is 1.93. The van der Waals surface area contributed by atoms with Gasteiger partial charge in [-0.25, -0.2) is 9.78 Å². The van der Waals surface area contributed by atoms with Gasteiger partial charge in [-0.1, -0.05) is 31.2 Å². The maximum Gasteiger partial charge on any atom is 0.333 e. The summed E-state index contributed by atoms with van der Waals surface area (Å²) in [6.07, 6.45) is 3.49. The van der Waals surface area contributed by atoms with Crippen molar-refractivity contribution >= 4 is 17.7 Å². The Kier molecular flexibility index (Phi) is 6.35. The van der Waals surface area contributed by atoms with Crippen LogP contribution in [0.1, 0.15) is 26.0 Å². The fourth-order valence-electron chi connectivity index (χ4n) is 1.43. The molecule has 0 unspecified atom stereocenters. The number of rotatable bonds is 6. The zero-order chi connectivity index (χ0) is 14.3. The maximum atomic E-state index is 11.4. The van der Waals surface area contributed by atoms with E-state index in [2.05, 4.69) is 14.7 Å². The summed E-state index contributed by atoms with van der Waals surface area (Å²) >= 11 is 1.38. The van der Waals surface area contributed by atoms with Gasteiger partial charge in [0.2, 0.25) is 0 Å². The van der Waals surface area contributed by atoms with Crippen LogP contribution in [0.15, 0.2) is 27.7 Å². The molecule has 1 rings (SSSR count). The fourth-order valence-corrected chi connectivity index (χ4v) is 2.27. The Morgan fingerprint density at radius 2 is 2.32 bits per heavy atom. The third-order valence-electron chi connectivity index (χ3n) is 2.40. The van der Waals surface area contributed by atoms with E-state index in [9.17, 15) is 9.59 Å². The van der Waals surface area contributed by atoms with Crippen LogP contribution in [-0.4, -0.2) is 28.8 Å². The van der Waals surface area contributed by atoms with Gasteiger partial charge in [0.15, 0.2) is 5.16 Å². The average molecular weight is 282 g/mol. The van der Waals surface area contributed by atoms with Gasteiger partial charge in [0, 0.05) is 23.1 Å². The number of ether oxygens (including phenoxy) is 1. The van der Waals surface area contributed by atoms with Crippen LogP contribution in [-0.2, 0) is 16.0 Å². The number of carbonyl (C=O) groups is 1. The molecule has 1 N–H and O–H groups in total. The normalized spacial score (nSPS) is 11.4. The van der Waals surface area contributed by atoms with E-state index in [1.807, 2.05) is 6.92 Å². The number of aromatic amines is 1. The Morgan fingerprint density at radius 3 is 2.95 bits per heavy atom. The Hall–Kier alpha value is -1.56. The molecule has 1 aromatic rings. The lowest BCUT2D eigenvalue weighted by molar-refractivity contribution is -0.136. The number of nitrogens with one attached hydrogen (secondary N) is 1. The van der Waals surface area contributed by atoms with Crippen molar-refractivity contribution in [3.8, 4) is 0 Å². The van der Waals surface area contributed by atoms with Gasteiger partial charge < -0.3 is 9.72 Å². The molecule has 0 spiro atoms. The third-order valence-corrected chi connectivity index (χ3v) is 3.20. The minimum atomic E-state index is -0.346. The smallest absolute Gasteiger partial charge is 0.333 e. The van der Waals surface area contributed by atoms with Gasteiger partial charge >= 0.3 is 5.97 Å². The third kappa shape index (κ3) is 5.30. The highest BCUT2D eigenvalue weighted by Gasteiger charge is 2.04. The predicted molar refractivity (Wildman–Crippen MR) is 75.3 cm³/mol. The Morgan fingerprint density at radius 1 is 1.58 bits per heavy atom. The summed E-state index contributed by atoms with van der Waals surface area (Å²) in [6.45, 7) is 3.73. The van der Waals surface area contributed by atoms with Crippen molar-refractivity contribution in [3.63, 3.8) is 0 Å². The molecular formula is C13H18N2O3S. The Labute approximate surface area is 116 Å². The molecule has 0 saturated heterocycles. The van der Waals surface area contributed by atoms with E-state index in [1.165, 1.54) is 24.9 Å². The highest BCUT2D eigenvalue weighted by molar-refractivity contribution is 7.99. The summed E-state index contributed by atoms with van der Waals surface area (Å²) in [5.41, 5.74) is 1.19. The molecule has 0 atom stereocenters. The lowest BCUT2D eigenvalue weighted by atomic mass is 10.2. The molecule has 0 radical (unpaired) electrons. The Balaban J connectivity index is 2.68. The summed E-state index contributed by atoms with van der Waals surface area (Å²) in [5.74, 6) is 0.209. The second kappa shape index (κ2) is 7.78. The molecule has 19 heavy (non-hydrogen) atoms. The van der Waals surface area contributed by atoms with Crippen molar-refractivity contribution in [2.45, 2.75) is 31.8 Å². The molecule has 0 amide bonds. The zero-order valence-electron chi connectivity index (χ0n) is 11.4. The quantitative estimate of drug-likeness (QED) is 0.373. The minimum absolute atomic E-state index is 0.144. The average Bonchev–Trinajstić information content (AvgIpc) is 2.37. The first-order valence-corrected chi connectivity index (χ1v) is 7.03. The van der Waals surface area contributed by atoms with Crippen LogP contribution in [0.4, 0.5) is 0 Å². The summed E-state index contributed by atoms with van der Waals surface area (Å²) in [6, 6.07) is 1.52. The summed E-state index contributed by atoms with van der Waals surface area (Å²) in [5, 5.41) is 0.574. The van der Waals surface area contributed by atoms with Gasteiger partial charge in [-0.05, 0) is 13.3 Å². The minimum Gasteiger partial charge on any atom is -0.466 e. The van der Waals surface area contributed by atoms with Crippen molar-refractivity contribution in [1.82, 2.24) is 9.97 Å². The Bertz CT molecular complexity index is 523. The number of hydrogen-bond acceptors (Lipinski definition) is 5. The van der Waals surface area contributed by atoms with Gasteiger partial charge in [0.1, 0.15) is 0 Å². The first kappa shape index (κ1) is 15.5. The number of nitrogens with zero attached hydrogens (tertiary/aromatic N) is 1. The molecule has 104 valence electrons. The molecule has 0 aliphatic heterocycles. The number of aromatic nitrogens is 2. The molecular weight excluding hydrogens is 264 g/mol. The van der Waals surface area contributed by atoms with Crippen LogP contribution in [0.5, 0.6) is 0 Å². The van der Waals surface area contributed by atoms with Gasteiger partial charge in [-0.15, -0.1) is 0 Å². The van der Waals surface area contributed by atoms with Crippen LogP contribution >= 0.6 is 11.8 Å².